The van der Waals surface area contributed by atoms with Crippen LogP contribution < -0.4 is 11.0 Å². The second-order valence-electron chi connectivity index (χ2n) is 2.04. The number of carbonyl (C=O) groups is 1. The Morgan fingerprint density at radius 2 is 2.42 bits per heavy atom. The Labute approximate surface area is 67.3 Å². The van der Waals surface area contributed by atoms with Crippen LogP contribution in [-0.2, 0) is 0 Å². The van der Waals surface area contributed by atoms with E-state index in [0.29, 0.717) is 0 Å². The second kappa shape index (κ2) is 3.04. The van der Waals surface area contributed by atoms with Crippen molar-refractivity contribution in [3.63, 3.8) is 0 Å². The van der Waals surface area contributed by atoms with Gasteiger partial charge in [-0.25, -0.2) is 9.59 Å². The fraction of sp³-hybridized carbons (Fsp3) is 0.167. The van der Waals surface area contributed by atoms with Crippen LogP contribution in [0.25, 0.3) is 0 Å². The second-order valence-corrected chi connectivity index (χ2v) is 2.04. The van der Waals surface area contributed by atoms with Crippen LogP contribution in [0.15, 0.2) is 10.9 Å². The normalized spacial score (nSPS) is 9.42. The Bertz CT molecular complexity index is 357. The number of anilines is 1. The van der Waals surface area contributed by atoms with Crippen LogP contribution in [0.3, 0.4) is 0 Å². The molecule has 6 nitrogen and oxygen atoms in total. The first-order chi connectivity index (χ1) is 5.63. The molecule has 0 saturated heterocycles. The van der Waals surface area contributed by atoms with Gasteiger partial charge in [-0.1, -0.05) is 0 Å². The van der Waals surface area contributed by atoms with Gasteiger partial charge in [-0.05, 0) is 0 Å². The number of carboxylic acids is 1. The highest BCUT2D eigenvalue weighted by Gasteiger charge is 2.05. The van der Waals surface area contributed by atoms with Crippen molar-refractivity contribution in [3.8, 4) is 0 Å². The van der Waals surface area contributed by atoms with Gasteiger partial charge in [0, 0.05) is 13.1 Å². The average molecular weight is 169 g/mol. The van der Waals surface area contributed by atoms with E-state index in [1.807, 2.05) is 0 Å². The molecule has 0 amide bonds. The molecule has 1 aromatic heterocycles. The number of nitrogens with one attached hydrogen (secondary N) is 2. The number of H-pyrrole nitrogens is 1. The Kier molecular flexibility index (Phi) is 2.09. The lowest BCUT2D eigenvalue weighted by molar-refractivity contribution is 0.0690. The Morgan fingerprint density at radius 1 is 1.75 bits per heavy atom. The molecule has 12 heavy (non-hydrogen) atoms. The number of aromatic nitrogens is 2. The quantitative estimate of drug-likeness (QED) is 0.555. The monoisotopic (exact) mass is 169 g/mol. The number of nitrogens with zero attached hydrogens (tertiary/aromatic N) is 1. The van der Waals surface area contributed by atoms with Crippen molar-refractivity contribution in [3.05, 3.63) is 22.2 Å². The van der Waals surface area contributed by atoms with E-state index < -0.39 is 11.7 Å². The van der Waals surface area contributed by atoms with Crippen molar-refractivity contribution in [1.82, 2.24) is 9.97 Å². The van der Waals surface area contributed by atoms with Crippen LogP contribution in [0.4, 0.5) is 5.82 Å². The van der Waals surface area contributed by atoms with Crippen LogP contribution in [0, 0.1) is 0 Å². The summed E-state index contributed by atoms with van der Waals surface area (Å²) in [7, 11) is 1.55. The summed E-state index contributed by atoms with van der Waals surface area (Å²) in [6.07, 6.45) is 0. The molecule has 0 aromatic carbocycles. The van der Waals surface area contributed by atoms with Crippen LogP contribution in [-0.4, -0.2) is 28.1 Å². The molecule has 0 radical (unpaired) electrons. The summed E-state index contributed by atoms with van der Waals surface area (Å²) in [6.45, 7) is 0. The standard InChI is InChI=1S/C6H7N3O3/c1-7-4-2-3(5(10)11)8-6(12)9-4/h2H,1H3,(H,10,11)(H2,7,8,9,12). The van der Waals surface area contributed by atoms with E-state index >= 15 is 0 Å². The van der Waals surface area contributed by atoms with Crippen LogP contribution in [0.1, 0.15) is 10.5 Å². The third kappa shape index (κ3) is 1.60. The Morgan fingerprint density at radius 3 is 2.92 bits per heavy atom. The van der Waals surface area contributed by atoms with Gasteiger partial charge in [0.2, 0.25) is 0 Å². The van der Waals surface area contributed by atoms with E-state index in [0.717, 1.165) is 0 Å². The van der Waals surface area contributed by atoms with E-state index in [4.69, 9.17) is 5.11 Å². The van der Waals surface area contributed by atoms with E-state index in [9.17, 15) is 9.59 Å². The van der Waals surface area contributed by atoms with Gasteiger partial charge in [0.25, 0.3) is 0 Å². The molecule has 0 aliphatic rings. The number of aromatic carboxylic acids is 1. The van der Waals surface area contributed by atoms with Gasteiger partial charge in [0.1, 0.15) is 11.5 Å². The first-order valence-electron chi connectivity index (χ1n) is 3.16. The summed E-state index contributed by atoms with van der Waals surface area (Å²) in [5.74, 6) is -0.956. The molecule has 0 bridgehead atoms. The highest BCUT2D eigenvalue weighted by atomic mass is 16.4. The third-order valence-electron chi connectivity index (χ3n) is 1.23. The lowest BCUT2D eigenvalue weighted by Crippen LogP contribution is -2.17. The topological polar surface area (TPSA) is 95.1 Å². The van der Waals surface area contributed by atoms with Gasteiger partial charge in [-0.15, -0.1) is 0 Å². The van der Waals surface area contributed by atoms with Crippen molar-refractivity contribution < 1.29 is 9.90 Å². The molecule has 0 fully saturated rings. The molecule has 0 aliphatic heterocycles. The van der Waals surface area contributed by atoms with Crippen molar-refractivity contribution in [2.45, 2.75) is 0 Å². The predicted molar refractivity (Wildman–Crippen MR) is 41.4 cm³/mol. The zero-order valence-electron chi connectivity index (χ0n) is 6.29. The first-order valence-corrected chi connectivity index (χ1v) is 3.16. The summed E-state index contributed by atoms with van der Waals surface area (Å²) in [6, 6.07) is 1.24. The molecule has 1 aromatic rings. The number of rotatable bonds is 2. The Hall–Kier alpha value is -1.85. The molecule has 0 unspecified atom stereocenters. The van der Waals surface area contributed by atoms with Crippen LogP contribution >= 0.6 is 0 Å². The van der Waals surface area contributed by atoms with E-state index in [1.54, 1.807) is 7.05 Å². The minimum Gasteiger partial charge on any atom is -0.477 e. The molecule has 3 N–H and O–H groups in total. The fourth-order valence-electron chi connectivity index (χ4n) is 0.701. The largest absolute Gasteiger partial charge is 0.477 e. The molecule has 1 rings (SSSR count). The van der Waals surface area contributed by atoms with E-state index in [2.05, 4.69) is 15.3 Å². The number of hydrogen-bond donors (Lipinski definition) is 3. The fourth-order valence-corrected chi connectivity index (χ4v) is 0.701. The zero-order valence-corrected chi connectivity index (χ0v) is 6.29. The predicted octanol–water partition coefficient (Wildman–Crippen LogP) is -0.490. The molecule has 64 valence electrons. The average Bonchev–Trinajstić information content (AvgIpc) is 2.03. The molecule has 0 saturated carbocycles. The summed E-state index contributed by atoms with van der Waals surface area (Å²) >= 11 is 0. The smallest absolute Gasteiger partial charge is 0.352 e. The first kappa shape index (κ1) is 8.25. The van der Waals surface area contributed by atoms with Gasteiger partial charge in [0.15, 0.2) is 0 Å². The summed E-state index contributed by atoms with van der Waals surface area (Å²) < 4.78 is 0. The molecule has 0 atom stereocenters. The molecule has 0 spiro atoms. The van der Waals surface area contributed by atoms with Gasteiger partial charge >= 0.3 is 11.7 Å². The maximum Gasteiger partial charge on any atom is 0.352 e. The highest BCUT2D eigenvalue weighted by molar-refractivity contribution is 5.85. The molecule has 6 heteroatoms. The number of carboxylic acid groups (broad SMARTS) is 1. The van der Waals surface area contributed by atoms with Crippen molar-refractivity contribution in [2.75, 3.05) is 12.4 Å². The summed E-state index contributed by atoms with van der Waals surface area (Å²) in [5.41, 5.74) is -0.862. The van der Waals surface area contributed by atoms with Gasteiger partial charge in [-0.3, -0.25) is 4.98 Å². The highest BCUT2D eigenvalue weighted by Crippen LogP contribution is 1.99. The number of aromatic amines is 1. The lowest BCUT2D eigenvalue weighted by atomic mass is 10.4. The molecular formula is C6H7N3O3. The SMILES string of the molecule is CNc1cc(C(=O)O)[nH]c(=O)n1. The summed E-state index contributed by atoms with van der Waals surface area (Å²) in [4.78, 5) is 26.6. The minimum absolute atomic E-state index is 0.181. The van der Waals surface area contributed by atoms with Crippen molar-refractivity contribution in [2.24, 2.45) is 0 Å². The van der Waals surface area contributed by atoms with Crippen LogP contribution in [0.5, 0.6) is 0 Å². The summed E-state index contributed by atoms with van der Waals surface area (Å²) in [5, 5.41) is 11.1. The lowest BCUT2D eigenvalue weighted by Gasteiger charge is -1.98. The van der Waals surface area contributed by atoms with Gasteiger partial charge in [0.05, 0.1) is 0 Å². The minimum atomic E-state index is -1.19. The molecule has 1 heterocycles. The van der Waals surface area contributed by atoms with Gasteiger partial charge in [-0.2, -0.15) is 4.98 Å². The van der Waals surface area contributed by atoms with Gasteiger partial charge < -0.3 is 10.4 Å². The Balaban J connectivity index is 3.24. The zero-order chi connectivity index (χ0) is 9.14. The molecular weight excluding hydrogens is 162 g/mol. The van der Waals surface area contributed by atoms with Crippen molar-refractivity contribution in [1.29, 1.82) is 0 Å². The van der Waals surface area contributed by atoms with Crippen LogP contribution in [0.2, 0.25) is 0 Å². The third-order valence-corrected chi connectivity index (χ3v) is 1.23. The van der Waals surface area contributed by atoms with Crippen molar-refractivity contribution >= 4 is 11.8 Å². The number of hydrogen-bond acceptors (Lipinski definition) is 4. The maximum atomic E-state index is 10.7. The molecule has 0 aliphatic carbocycles. The maximum absolute atomic E-state index is 10.7. The van der Waals surface area contributed by atoms with E-state index in [-0.39, 0.29) is 11.5 Å². The van der Waals surface area contributed by atoms with E-state index in [1.165, 1.54) is 6.07 Å².